The first-order chi connectivity index (χ1) is 9.65. The number of fused-ring (bicyclic) bond motifs is 1. The molecule has 1 aromatic carbocycles. The third kappa shape index (κ3) is 2.55. The Morgan fingerprint density at radius 3 is 2.75 bits per heavy atom. The van der Waals surface area contributed by atoms with Gasteiger partial charge in [-0.05, 0) is 46.1 Å². The SMILES string of the molecule is O=C(CN1C(=O)CCc2ccccc21)c1ccc(Br)s1. The Balaban J connectivity index is 1.87. The zero-order valence-electron chi connectivity index (χ0n) is 10.6. The van der Waals surface area contributed by atoms with Gasteiger partial charge in [0.25, 0.3) is 0 Å². The van der Waals surface area contributed by atoms with Crippen molar-refractivity contribution in [2.75, 3.05) is 11.4 Å². The molecule has 1 aliphatic heterocycles. The van der Waals surface area contributed by atoms with Gasteiger partial charge in [-0.15, -0.1) is 11.3 Å². The Labute approximate surface area is 129 Å². The van der Waals surface area contributed by atoms with E-state index in [1.807, 2.05) is 30.3 Å². The van der Waals surface area contributed by atoms with Crippen molar-refractivity contribution >= 4 is 44.6 Å². The maximum absolute atomic E-state index is 12.3. The average Bonchev–Trinajstić information content (AvgIpc) is 2.89. The number of carbonyl (C=O) groups excluding carboxylic acids is 2. The van der Waals surface area contributed by atoms with E-state index in [4.69, 9.17) is 0 Å². The van der Waals surface area contributed by atoms with Gasteiger partial charge in [0.1, 0.15) is 0 Å². The quantitative estimate of drug-likeness (QED) is 0.792. The molecule has 0 N–H and O–H groups in total. The standard InChI is InChI=1S/C15H12BrNO2S/c16-14-7-6-13(20-14)12(18)9-17-11-4-2-1-3-10(11)5-8-15(17)19/h1-4,6-7H,5,8-9H2. The van der Waals surface area contributed by atoms with Gasteiger partial charge in [0.05, 0.1) is 15.2 Å². The molecule has 0 saturated heterocycles. The molecule has 2 aromatic rings. The summed E-state index contributed by atoms with van der Waals surface area (Å²) in [7, 11) is 0. The van der Waals surface area contributed by atoms with Gasteiger partial charge in [-0.2, -0.15) is 0 Å². The van der Waals surface area contributed by atoms with E-state index >= 15 is 0 Å². The number of benzene rings is 1. The molecule has 0 saturated carbocycles. The summed E-state index contributed by atoms with van der Waals surface area (Å²) in [5, 5.41) is 0. The number of hydrogen-bond acceptors (Lipinski definition) is 3. The molecule has 1 amide bonds. The Morgan fingerprint density at radius 1 is 1.20 bits per heavy atom. The van der Waals surface area contributed by atoms with Crippen LogP contribution in [0.4, 0.5) is 5.69 Å². The van der Waals surface area contributed by atoms with Crippen molar-refractivity contribution in [1.29, 1.82) is 0 Å². The third-order valence-electron chi connectivity index (χ3n) is 3.34. The van der Waals surface area contributed by atoms with E-state index in [0.29, 0.717) is 11.3 Å². The fourth-order valence-electron chi connectivity index (χ4n) is 2.36. The van der Waals surface area contributed by atoms with E-state index in [1.54, 1.807) is 11.0 Å². The first-order valence-corrected chi connectivity index (χ1v) is 7.93. The first-order valence-electron chi connectivity index (χ1n) is 6.32. The average molecular weight is 350 g/mol. The minimum atomic E-state index is -0.0225. The summed E-state index contributed by atoms with van der Waals surface area (Å²) in [6.07, 6.45) is 1.22. The lowest BCUT2D eigenvalue weighted by atomic mass is 10.0. The molecule has 3 rings (SSSR count). The summed E-state index contributed by atoms with van der Waals surface area (Å²) in [5.74, 6) is -0.00146. The molecule has 0 radical (unpaired) electrons. The van der Waals surface area contributed by atoms with Crippen LogP contribution in [0.25, 0.3) is 0 Å². The minimum Gasteiger partial charge on any atom is -0.304 e. The summed E-state index contributed by atoms with van der Waals surface area (Å²) in [6.45, 7) is 0.114. The molecule has 3 nitrogen and oxygen atoms in total. The molecule has 20 heavy (non-hydrogen) atoms. The molecule has 0 unspecified atom stereocenters. The summed E-state index contributed by atoms with van der Waals surface area (Å²) in [6, 6.07) is 11.4. The van der Waals surface area contributed by atoms with E-state index in [9.17, 15) is 9.59 Å². The van der Waals surface area contributed by atoms with Gasteiger partial charge in [-0.1, -0.05) is 18.2 Å². The lowest BCUT2D eigenvalue weighted by Crippen LogP contribution is -2.38. The van der Waals surface area contributed by atoms with Crippen LogP contribution in [0.3, 0.4) is 0 Å². The maximum Gasteiger partial charge on any atom is 0.227 e. The van der Waals surface area contributed by atoms with Crippen molar-refractivity contribution in [2.45, 2.75) is 12.8 Å². The first kappa shape index (κ1) is 13.5. The van der Waals surface area contributed by atoms with Crippen molar-refractivity contribution in [3.05, 3.63) is 50.6 Å². The van der Waals surface area contributed by atoms with Crippen molar-refractivity contribution in [3.63, 3.8) is 0 Å². The predicted octanol–water partition coefficient (Wildman–Crippen LogP) is 3.67. The smallest absolute Gasteiger partial charge is 0.227 e. The van der Waals surface area contributed by atoms with Gasteiger partial charge >= 0.3 is 0 Å². The molecule has 0 bridgehead atoms. The van der Waals surface area contributed by atoms with E-state index < -0.39 is 0 Å². The van der Waals surface area contributed by atoms with E-state index in [2.05, 4.69) is 15.9 Å². The van der Waals surface area contributed by atoms with Crippen molar-refractivity contribution < 1.29 is 9.59 Å². The highest BCUT2D eigenvalue weighted by atomic mass is 79.9. The van der Waals surface area contributed by atoms with Gasteiger partial charge in [0.15, 0.2) is 5.78 Å². The van der Waals surface area contributed by atoms with Crippen LogP contribution in [0.1, 0.15) is 21.7 Å². The molecule has 0 aliphatic carbocycles. The number of hydrogen-bond donors (Lipinski definition) is 0. The molecule has 2 heterocycles. The molecular formula is C15H12BrNO2S. The predicted molar refractivity (Wildman–Crippen MR) is 83.5 cm³/mol. The van der Waals surface area contributed by atoms with Crippen molar-refractivity contribution in [3.8, 4) is 0 Å². The number of amides is 1. The second kappa shape index (κ2) is 5.50. The number of Topliss-reactive ketones (excluding diaryl/α,β-unsaturated/α-hetero) is 1. The number of aryl methyl sites for hydroxylation is 1. The highest BCUT2D eigenvalue weighted by molar-refractivity contribution is 9.11. The topological polar surface area (TPSA) is 37.4 Å². The number of halogens is 1. The number of carbonyl (C=O) groups is 2. The zero-order chi connectivity index (χ0) is 14.1. The van der Waals surface area contributed by atoms with Crippen LogP contribution in [0.5, 0.6) is 0 Å². The second-order valence-corrected chi connectivity index (χ2v) is 7.10. The van der Waals surface area contributed by atoms with E-state index in [-0.39, 0.29) is 18.2 Å². The Morgan fingerprint density at radius 2 is 2.00 bits per heavy atom. The molecular weight excluding hydrogens is 338 g/mol. The Kier molecular flexibility index (Phi) is 3.72. The van der Waals surface area contributed by atoms with Gasteiger partial charge in [0, 0.05) is 12.1 Å². The van der Waals surface area contributed by atoms with Gasteiger partial charge in [0.2, 0.25) is 5.91 Å². The lowest BCUT2D eigenvalue weighted by Gasteiger charge is -2.28. The fraction of sp³-hybridized carbons (Fsp3) is 0.200. The number of ketones is 1. The summed E-state index contributed by atoms with van der Waals surface area (Å²) < 4.78 is 0.922. The van der Waals surface area contributed by atoms with E-state index in [1.165, 1.54) is 11.3 Å². The van der Waals surface area contributed by atoms with Crippen LogP contribution < -0.4 is 4.90 Å². The maximum atomic E-state index is 12.3. The number of para-hydroxylation sites is 1. The third-order valence-corrected chi connectivity index (χ3v) is 5.01. The number of thiophene rings is 1. The van der Waals surface area contributed by atoms with Crippen LogP contribution in [0, 0.1) is 0 Å². The van der Waals surface area contributed by atoms with Gasteiger partial charge < -0.3 is 4.90 Å². The van der Waals surface area contributed by atoms with Gasteiger partial charge in [-0.25, -0.2) is 0 Å². The minimum absolute atomic E-state index is 0.0210. The molecule has 102 valence electrons. The normalized spacial score (nSPS) is 14.2. The summed E-state index contributed by atoms with van der Waals surface area (Å²) in [5.41, 5.74) is 2.00. The molecule has 1 aliphatic rings. The van der Waals surface area contributed by atoms with Crippen molar-refractivity contribution in [2.24, 2.45) is 0 Å². The number of nitrogens with zero attached hydrogens (tertiary/aromatic N) is 1. The highest BCUT2D eigenvalue weighted by Gasteiger charge is 2.26. The fourth-order valence-corrected chi connectivity index (χ4v) is 3.67. The molecule has 1 aromatic heterocycles. The number of rotatable bonds is 3. The molecule has 0 spiro atoms. The lowest BCUT2D eigenvalue weighted by molar-refractivity contribution is -0.118. The van der Waals surface area contributed by atoms with Gasteiger partial charge in [-0.3, -0.25) is 9.59 Å². The van der Waals surface area contributed by atoms with Crippen LogP contribution in [0.15, 0.2) is 40.2 Å². The zero-order valence-corrected chi connectivity index (χ0v) is 13.0. The largest absolute Gasteiger partial charge is 0.304 e. The Bertz CT molecular complexity index is 680. The molecule has 0 fully saturated rings. The van der Waals surface area contributed by atoms with Crippen LogP contribution in [0.2, 0.25) is 0 Å². The molecule has 5 heteroatoms. The van der Waals surface area contributed by atoms with E-state index in [0.717, 1.165) is 21.5 Å². The highest BCUT2D eigenvalue weighted by Crippen LogP contribution is 2.28. The second-order valence-electron chi connectivity index (χ2n) is 4.64. The molecule has 0 atom stereocenters. The Hall–Kier alpha value is -1.46. The van der Waals surface area contributed by atoms with Crippen LogP contribution >= 0.6 is 27.3 Å². The summed E-state index contributed by atoms with van der Waals surface area (Å²) in [4.78, 5) is 26.7. The van der Waals surface area contributed by atoms with Crippen molar-refractivity contribution in [1.82, 2.24) is 0 Å². The summed E-state index contributed by atoms with van der Waals surface area (Å²) >= 11 is 4.75. The van der Waals surface area contributed by atoms with Crippen LogP contribution in [-0.4, -0.2) is 18.2 Å². The number of anilines is 1. The monoisotopic (exact) mass is 349 g/mol. The van der Waals surface area contributed by atoms with Crippen LogP contribution in [-0.2, 0) is 11.2 Å².